The molecule has 0 saturated carbocycles. The fourth-order valence-corrected chi connectivity index (χ4v) is 4.24. The first-order chi connectivity index (χ1) is 9.08. The number of nitrogens with zero attached hydrogens (tertiary/aromatic N) is 2. The summed E-state index contributed by atoms with van der Waals surface area (Å²) in [6.07, 6.45) is 1.46. The molecule has 0 aromatic heterocycles. The summed E-state index contributed by atoms with van der Waals surface area (Å²) in [4.78, 5) is 0. The molecule has 1 N–H and O–H groups in total. The van der Waals surface area contributed by atoms with E-state index < -0.39 is 10.0 Å². The van der Waals surface area contributed by atoms with Gasteiger partial charge in [0, 0.05) is 12.6 Å². The van der Waals surface area contributed by atoms with Crippen LogP contribution in [-0.2, 0) is 15.8 Å². The van der Waals surface area contributed by atoms with Gasteiger partial charge in [-0.15, -0.1) is 0 Å². The highest BCUT2D eigenvalue weighted by atomic mass is 32.2. The van der Waals surface area contributed by atoms with Gasteiger partial charge in [0.15, 0.2) is 0 Å². The summed E-state index contributed by atoms with van der Waals surface area (Å²) in [5.41, 5.74) is 0.888. The van der Waals surface area contributed by atoms with Crippen LogP contribution in [0.5, 0.6) is 0 Å². The Morgan fingerprint density at radius 3 is 2.84 bits per heavy atom. The van der Waals surface area contributed by atoms with E-state index in [1.54, 1.807) is 24.3 Å². The third kappa shape index (κ3) is 2.95. The summed E-state index contributed by atoms with van der Waals surface area (Å²) in [6.45, 7) is 0.293. The van der Waals surface area contributed by atoms with Crippen molar-refractivity contribution in [2.45, 2.75) is 24.6 Å². The van der Waals surface area contributed by atoms with Gasteiger partial charge in [-0.05, 0) is 24.5 Å². The molecule has 102 valence electrons. The van der Waals surface area contributed by atoms with Crippen molar-refractivity contribution in [3.8, 4) is 6.07 Å². The molecule has 1 fully saturated rings. The van der Waals surface area contributed by atoms with Crippen molar-refractivity contribution in [2.75, 3.05) is 13.2 Å². The first-order valence-electron chi connectivity index (χ1n) is 6.17. The zero-order chi connectivity index (χ0) is 13.9. The van der Waals surface area contributed by atoms with E-state index in [1.807, 2.05) is 6.07 Å². The summed E-state index contributed by atoms with van der Waals surface area (Å²) < 4.78 is 26.1. The van der Waals surface area contributed by atoms with E-state index in [2.05, 4.69) is 0 Å². The Bertz CT molecular complexity index is 592. The lowest BCUT2D eigenvalue weighted by molar-refractivity contribution is 0.213. The van der Waals surface area contributed by atoms with E-state index in [-0.39, 0.29) is 18.4 Å². The quantitative estimate of drug-likeness (QED) is 0.886. The first kappa shape index (κ1) is 14.0. The molecule has 1 heterocycles. The lowest BCUT2D eigenvalue weighted by atomic mass is 10.1. The summed E-state index contributed by atoms with van der Waals surface area (Å²) >= 11 is 0. The van der Waals surface area contributed by atoms with E-state index in [0.29, 0.717) is 24.1 Å². The predicted molar refractivity (Wildman–Crippen MR) is 70.6 cm³/mol. The molecule has 1 aromatic carbocycles. The highest BCUT2D eigenvalue weighted by Crippen LogP contribution is 2.24. The Labute approximate surface area is 113 Å². The Morgan fingerprint density at radius 1 is 1.42 bits per heavy atom. The number of nitriles is 1. The Balaban J connectivity index is 2.24. The fraction of sp³-hybridized carbons (Fsp3) is 0.462. The van der Waals surface area contributed by atoms with E-state index in [1.165, 1.54) is 4.31 Å². The van der Waals surface area contributed by atoms with Crippen LogP contribution in [0, 0.1) is 11.3 Å². The van der Waals surface area contributed by atoms with Crippen LogP contribution in [-0.4, -0.2) is 37.0 Å². The van der Waals surface area contributed by atoms with E-state index in [4.69, 9.17) is 5.26 Å². The maximum atomic E-state index is 12.3. The molecule has 0 spiro atoms. The van der Waals surface area contributed by atoms with Crippen molar-refractivity contribution in [2.24, 2.45) is 0 Å². The van der Waals surface area contributed by atoms with Crippen LogP contribution in [0.2, 0.25) is 0 Å². The maximum Gasteiger partial charge on any atom is 0.218 e. The van der Waals surface area contributed by atoms with Crippen molar-refractivity contribution in [3.63, 3.8) is 0 Å². The number of benzene rings is 1. The van der Waals surface area contributed by atoms with Crippen LogP contribution in [0.1, 0.15) is 24.0 Å². The molecule has 1 saturated heterocycles. The van der Waals surface area contributed by atoms with Crippen molar-refractivity contribution in [3.05, 3.63) is 35.4 Å². The molecule has 1 aliphatic rings. The standard InChI is InChI=1S/C13H16N2O3S/c14-8-11-4-1-2-5-12(11)10-19(17,18)15-7-3-6-13(15)9-16/h1-2,4-5,13,16H,3,6-7,9-10H2. The van der Waals surface area contributed by atoms with Crippen molar-refractivity contribution in [1.82, 2.24) is 4.31 Å². The molecular formula is C13H16N2O3S. The molecule has 1 atom stereocenters. The van der Waals surface area contributed by atoms with Crippen molar-refractivity contribution < 1.29 is 13.5 Å². The van der Waals surface area contributed by atoms with Gasteiger partial charge in [-0.1, -0.05) is 18.2 Å². The zero-order valence-electron chi connectivity index (χ0n) is 10.5. The molecule has 0 amide bonds. The van der Waals surface area contributed by atoms with Gasteiger partial charge in [-0.3, -0.25) is 0 Å². The largest absolute Gasteiger partial charge is 0.395 e. The zero-order valence-corrected chi connectivity index (χ0v) is 11.3. The number of hydrogen-bond acceptors (Lipinski definition) is 4. The van der Waals surface area contributed by atoms with Gasteiger partial charge >= 0.3 is 0 Å². The summed E-state index contributed by atoms with van der Waals surface area (Å²) in [7, 11) is -3.48. The number of sulfonamides is 1. The second-order valence-electron chi connectivity index (χ2n) is 4.61. The first-order valence-corrected chi connectivity index (χ1v) is 7.78. The molecule has 6 heteroatoms. The molecule has 0 bridgehead atoms. The Morgan fingerprint density at radius 2 is 2.16 bits per heavy atom. The van der Waals surface area contributed by atoms with Gasteiger partial charge in [0.25, 0.3) is 0 Å². The third-order valence-electron chi connectivity index (χ3n) is 3.37. The minimum atomic E-state index is -3.48. The maximum absolute atomic E-state index is 12.3. The van der Waals surface area contributed by atoms with Gasteiger partial charge in [-0.2, -0.15) is 9.57 Å². The SMILES string of the molecule is N#Cc1ccccc1CS(=O)(=O)N1CCCC1CO. The molecule has 0 radical (unpaired) electrons. The van der Waals surface area contributed by atoms with Crippen LogP contribution < -0.4 is 0 Å². The van der Waals surface area contributed by atoms with Gasteiger partial charge in [-0.25, -0.2) is 8.42 Å². The van der Waals surface area contributed by atoms with Gasteiger partial charge < -0.3 is 5.11 Å². The number of aliphatic hydroxyl groups excluding tert-OH is 1. The Kier molecular flexibility index (Phi) is 4.20. The second-order valence-corrected chi connectivity index (χ2v) is 6.54. The second kappa shape index (κ2) is 5.70. The van der Waals surface area contributed by atoms with Crippen LogP contribution in [0.25, 0.3) is 0 Å². The lowest BCUT2D eigenvalue weighted by Gasteiger charge is -2.22. The van der Waals surface area contributed by atoms with Crippen LogP contribution in [0.3, 0.4) is 0 Å². The smallest absolute Gasteiger partial charge is 0.218 e. The van der Waals surface area contributed by atoms with Crippen molar-refractivity contribution >= 4 is 10.0 Å². The molecule has 0 aliphatic carbocycles. The lowest BCUT2D eigenvalue weighted by Crippen LogP contribution is -2.38. The average molecular weight is 280 g/mol. The van der Waals surface area contributed by atoms with Crippen LogP contribution >= 0.6 is 0 Å². The summed E-state index contributed by atoms with van der Waals surface area (Å²) in [5.74, 6) is -0.187. The normalized spacial score (nSPS) is 20.3. The number of hydrogen-bond donors (Lipinski definition) is 1. The topological polar surface area (TPSA) is 81.4 Å². The van der Waals surface area contributed by atoms with Gasteiger partial charge in [0.05, 0.1) is 24.0 Å². The molecule has 19 heavy (non-hydrogen) atoms. The Hall–Kier alpha value is -1.42. The predicted octanol–water partition coefficient (Wildman–Crippen LogP) is 0.845. The number of aliphatic hydroxyl groups is 1. The average Bonchev–Trinajstić information content (AvgIpc) is 2.88. The molecule has 2 rings (SSSR count). The number of rotatable bonds is 4. The van der Waals surface area contributed by atoms with Gasteiger partial charge in [0.2, 0.25) is 10.0 Å². The van der Waals surface area contributed by atoms with E-state index in [9.17, 15) is 13.5 Å². The fourth-order valence-electron chi connectivity index (χ4n) is 2.39. The van der Waals surface area contributed by atoms with Crippen LogP contribution in [0.15, 0.2) is 24.3 Å². The highest BCUT2D eigenvalue weighted by molar-refractivity contribution is 7.88. The summed E-state index contributed by atoms with van der Waals surface area (Å²) in [5, 5.41) is 18.2. The van der Waals surface area contributed by atoms with Crippen LogP contribution in [0.4, 0.5) is 0 Å². The van der Waals surface area contributed by atoms with E-state index in [0.717, 1.165) is 6.42 Å². The van der Waals surface area contributed by atoms with Crippen molar-refractivity contribution in [1.29, 1.82) is 5.26 Å². The van der Waals surface area contributed by atoms with Gasteiger partial charge in [0.1, 0.15) is 0 Å². The molecule has 1 unspecified atom stereocenters. The minimum absolute atomic E-state index is 0.154. The third-order valence-corrected chi connectivity index (χ3v) is 5.24. The molecule has 1 aliphatic heterocycles. The van der Waals surface area contributed by atoms with E-state index >= 15 is 0 Å². The monoisotopic (exact) mass is 280 g/mol. The minimum Gasteiger partial charge on any atom is -0.395 e. The highest BCUT2D eigenvalue weighted by Gasteiger charge is 2.33. The molecular weight excluding hydrogens is 264 g/mol. The molecule has 1 aromatic rings. The molecule has 5 nitrogen and oxygen atoms in total. The summed E-state index contributed by atoms with van der Waals surface area (Å²) in [6, 6.07) is 8.37.